The van der Waals surface area contributed by atoms with Crippen LogP contribution in [-0.2, 0) is 4.79 Å². The van der Waals surface area contributed by atoms with E-state index in [0.29, 0.717) is 39.2 Å². The SMILES string of the molecule is COc1cccc(OCCN(C(=O)C2=C(c3ccc(OCCOc4cc(C)c(C)cc4Cl)cc3)C[C@@H]3CN(C(=O)O)C[C@H]2N3C(=O)O)C2CC2)c1. The molecule has 6 rings (SSSR count). The van der Waals surface area contributed by atoms with Gasteiger partial charge in [-0.05, 0) is 91.8 Å². The molecule has 1 aliphatic carbocycles. The number of aryl methyl sites for hydroxylation is 2. The van der Waals surface area contributed by atoms with Crippen LogP contribution in [-0.4, -0.2) is 108 Å². The first-order valence-corrected chi connectivity index (χ1v) is 17.3. The van der Waals surface area contributed by atoms with Crippen molar-refractivity contribution in [3.05, 3.63) is 87.9 Å². The number of piperazine rings is 1. The first-order chi connectivity index (χ1) is 24.5. The monoisotopic (exact) mass is 719 g/mol. The highest BCUT2D eigenvalue weighted by Crippen LogP contribution is 2.41. The second kappa shape index (κ2) is 15.4. The molecule has 2 heterocycles. The van der Waals surface area contributed by atoms with Gasteiger partial charge in [0.25, 0.3) is 5.91 Å². The van der Waals surface area contributed by atoms with E-state index in [1.54, 1.807) is 30.2 Å². The molecule has 3 amide bonds. The highest BCUT2D eigenvalue weighted by molar-refractivity contribution is 6.32. The summed E-state index contributed by atoms with van der Waals surface area (Å²) in [5.74, 6) is 2.12. The predicted molar refractivity (Wildman–Crippen MR) is 190 cm³/mol. The lowest BCUT2D eigenvalue weighted by Crippen LogP contribution is -2.65. The Balaban J connectivity index is 1.24. The Kier molecular flexibility index (Phi) is 10.8. The molecule has 1 saturated carbocycles. The number of halogens is 1. The molecule has 2 fully saturated rings. The molecule has 270 valence electrons. The number of hydrogen-bond acceptors (Lipinski definition) is 7. The number of amides is 3. The van der Waals surface area contributed by atoms with Crippen LogP contribution >= 0.6 is 11.6 Å². The molecule has 2 atom stereocenters. The first kappa shape index (κ1) is 35.7. The van der Waals surface area contributed by atoms with Gasteiger partial charge in [-0.1, -0.05) is 29.8 Å². The van der Waals surface area contributed by atoms with Crippen LogP contribution < -0.4 is 18.9 Å². The van der Waals surface area contributed by atoms with Crippen LogP contribution in [0.4, 0.5) is 9.59 Å². The number of carboxylic acid groups (broad SMARTS) is 2. The topological polar surface area (TPSA) is 138 Å². The molecular weight excluding hydrogens is 678 g/mol. The minimum absolute atomic E-state index is 0.00946. The van der Waals surface area contributed by atoms with Gasteiger partial charge in [0.15, 0.2) is 0 Å². The van der Waals surface area contributed by atoms with E-state index < -0.39 is 24.3 Å². The molecule has 13 heteroatoms. The van der Waals surface area contributed by atoms with Crippen molar-refractivity contribution in [2.45, 2.75) is 51.2 Å². The van der Waals surface area contributed by atoms with Gasteiger partial charge < -0.3 is 39.0 Å². The minimum atomic E-state index is -1.19. The Labute approximate surface area is 301 Å². The van der Waals surface area contributed by atoms with E-state index in [2.05, 4.69) is 0 Å². The van der Waals surface area contributed by atoms with Crippen LogP contribution in [0.3, 0.4) is 0 Å². The fourth-order valence-electron chi connectivity index (χ4n) is 6.77. The molecule has 1 saturated heterocycles. The Morgan fingerprint density at radius 2 is 1.53 bits per heavy atom. The molecule has 0 aromatic heterocycles. The fraction of sp³-hybridized carbons (Fsp3) is 0.395. The molecule has 0 radical (unpaired) electrons. The van der Waals surface area contributed by atoms with E-state index in [1.807, 2.05) is 56.3 Å². The molecule has 12 nitrogen and oxygen atoms in total. The summed E-state index contributed by atoms with van der Waals surface area (Å²) in [4.78, 5) is 43.6. The molecule has 3 aromatic carbocycles. The zero-order valence-electron chi connectivity index (χ0n) is 28.8. The van der Waals surface area contributed by atoms with Gasteiger partial charge >= 0.3 is 12.2 Å². The van der Waals surface area contributed by atoms with Crippen molar-refractivity contribution in [3.63, 3.8) is 0 Å². The Hall–Kier alpha value is -5.10. The maximum absolute atomic E-state index is 14.6. The summed E-state index contributed by atoms with van der Waals surface area (Å²) in [5, 5.41) is 20.7. The highest BCUT2D eigenvalue weighted by Gasteiger charge is 2.49. The van der Waals surface area contributed by atoms with Gasteiger partial charge in [-0.15, -0.1) is 0 Å². The zero-order chi connectivity index (χ0) is 36.2. The number of methoxy groups -OCH3 is 1. The van der Waals surface area contributed by atoms with Crippen LogP contribution in [0, 0.1) is 13.8 Å². The summed E-state index contributed by atoms with van der Waals surface area (Å²) in [5.41, 5.74) is 3.90. The number of carbonyl (C=O) groups excluding carboxylic acids is 1. The van der Waals surface area contributed by atoms with Gasteiger partial charge in [0, 0.05) is 30.8 Å². The molecule has 0 unspecified atom stereocenters. The summed E-state index contributed by atoms with van der Waals surface area (Å²) < 4.78 is 23.0. The van der Waals surface area contributed by atoms with Crippen LogP contribution in [0.15, 0.2) is 66.2 Å². The predicted octanol–water partition coefficient (Wildman–Crippen LogP) is 6.36. The van der Waals surface area contributed by atoms with E-state index in [-0.39, 0.29) is 57.8 Å². The average molecular weight is 720 g/mol. The van der Waals surface area contributed by atoms with Crippen molar-refractivity contribution in [2.24, 2.45) is 0 Å². The van der Waals surface area contributed by atoms with Gasteiger partial charge in [-0.2, -0.15) is 0 Å². The molecule has 3 aromatic rings. The Morgan fingerprint density at radius 3 is 2.22 bits per heavy atom. The molecule has 0 spiro atoms. The molecule has 2 N–H and O–H groups in total. The summed E-state index contributed by atoms with van der Waals surface area (Å²) in [6, 6.07) is 16.6. The third kappa shape index (κ3) is 8.12. The smallest absolute Gasteiger partial charge is 0.408 e. The summed E-state index contributed by atoms with van der Waals surface area (Å²) in [6.45, 7) is 4.87. The molecule has 2 aliphatic heterocycles. The van der Waals surface area contributed by atoms with Gasteiger partial charge in [-0.3, -0.25) is 9.69 Å². The van der Waals surface area contributed by atoms with Crippen LogP contribution in [0.5, 0.6) is 23.0 Å². The molecular formula is C38H42ClN3O9. The van der Waals surface area contributed by atoms with E-state index >= 15 is 0 Å². The Bertz CT molecular complexity index is 1810. The van der Waals surface area contributed by atoms with E-state index in [9.17, 15) is 24.6 Å². The number of carbonyl (C=O) groups is 3. The van der Waals surface area contributed by atoms with Gasteiger partial charge in [0.05, 0.1) is 30.8 Å². The van der Waals surface area contributed by atoms with Gasteiger partial charge in [0.1, 0.15) is 42.8 Å². The maximum atomic E-state index is 14.6. The van der Waals surface area contributed by atoms with Crippen molar-refractivity contribution in [2.75, 3.05) is 46.6 Å². The molecule has 51 heavy (non-hydrogen) atoms. The highest BCUT2D eigenvalue weighted by atomic mass is 35.5. The third-order valence-corrected chi connectivity index (χ3v) is 9.92. The number of ether oxygens (including phenoxy) is 4. The summed E-state index contributed by atoms with van der Waals surface area (Å²) in [6.07, 6.45) is -0.531. The minimum Gasteiger partial charge on any atom is -0.497 e. The van der Waals surface area contributed by atoms with Crippen LogP contribution in [0.2, 0.25) is 5.02 Å². The largest absolute Gasteiger partial charge is 0.497 e. The van der Waals surface area contributed by atoms with Crippen molar-refractivity contribution < 1.29 is 43.5 Å². The van der Waals surface area contributed by atoms with Crippen molar-refractivity contribution >= 4 is 35.3 Å². The van der Waals surface area contributed by atoms with E-state index in [4.69, 9.17) is 30.5 Å². The normalized spacial score (nSPS) is 18.3. The van der Waals surface area contributed by atoms with Gasteiger partial charge in [-0.25, -0.2) is 9.59 Å². The van der Waals surface area contributed by atoms with Crippen molar-refractivity contribution in [3.8, 4) is 23.0 Å². The summed E-state index contributed by atoms with van der Waals surface area (Å²) >= 11 is 6.33. The molecule has 2 bridgehead atoms. The van der Waals surface area contributed by atoms with Crippen LogP contribution in [0.1, 0.15) is 36.0 Å². The second-order valence-electron chi connectivity index (χ2n) is 13.0. The van der Waals surface area contributed by atoms with Crippen molar-refractivity contribution in [1.82, 2.24) is 14.7 Å². The van der Waals surface area contributed by atoms with Crippen molar-refractivity contribution in [1.29, 1.82) is 0 Å². The fourth-order valence-corrected chi connectivity index (χ4v) is 7.04. The zero-order valence-corrected chi connectivity index (χ0v) is 29.6. The maximum Gasteiger partial charge on any atom is 0.408 e. The average Bonchev–Trinajstić information content (AvgIpc) is 3.95. The first-order valence-electron chi connectivity index (χ1n) is 17.0. The number of benzene rings is 3. The third-order valence-electron chi connectivity index (χ3n) is 9.62. The lowest BCUT2D eigenvalue weighted by molar-refractivity contribution is -0.129. The molecule has 3 aliphatic rings. The van der Waals surface area contributed by atoms with E-state index in [1.165, 1.54) is 9.80 Å². The lowest BCUT2D eigenvalue weighted by Gasteiger charge is -2.49. The summed E-state index contributed by atoms with van der Waals surface area (Å²) in [7, 11) is 1.57. The quantitative estimate of drug-likeness (QED) is 0.193. The van der Waals surface area contributed by atoms with Gasteiger partial charge in [0.2, 0.25) is 0 Å². The second-order valence-corrected chi connectivity index (χ2v) is 13.4. The Morgan fingerprint density at radius 1 is 0.843 bits per heavy atom. The number of hydrogen-bond donors (Lipinski definition) is 2. The number of fused-ring (bicyclic) bond motifs is 2. The van der Waals surface area contributed by atoms with E-state index in [0.717, 1.165) is 29.5 Å². The number of rotatable bonds is 13. The standard InChI is InChI=1S/C38H42ClN3O9/c1-23-17-32(39)34(18-24(23)2)51-16-15-50-28-11-7-25(8-12-28)31-19-27-21-40(37(44)45)22-33(42(27)38(46)47)35(31)36(43)41(26-9-10-26)13-14-49-30-6-4-5-29(20-30)48-3/h4-8,11-12,17-18,20,26-27,33H,9-10,13-16,19,21-22H2,1-3H3,(H,44,45)(H,46,47)/t27-,33-/m1/s1. The number of nitrogens with zero attached hydrogens (tertiary/aromatic N) is 3. The lowest BCUT2D eigenvalue weighted by atomic mass is 9.81. The van der Waals surface area contributed by atoms with Crippen LogP contribution in [0.25, 0.3) is 5.57 Å².